The van der Waals surface area contributed by atoms with Gasteiger partial charge in [-0.1, -0.05) is 62.4 Å². The zero-order chi connectivity index (χ0) is 24.0. The van der Waals surface area contributed by atoms with Crippen LogP contribution in [0.15, 0.2) is 53.5 Å². The van der Waals surface area contributed by atoms with E-state index in [-0.39, 0.29) is 23.4 Å². The Morgan fingerprint density at radius 1 is 0.943 bits per heavy atom. The van der Waals surface area contributed by atoms with Crippen LogP contribution < -0.4 is 15.8 Å². The summed E-state index contributed by atoms with van der Waals surface area (Å²) in [6, 6.07) is 14.0. The number of fused-ring (bicyclic) bond motifs is 1. The molecule has 2 aromatic heterocycles. The zero-order valence-electron chi connectivity index (χ0n) is 20.4. The Bertz CT molecular complexity index is 1200. The highest BCUT2D eigenvalue weighted by molar-refractivity contribution is 5.80. The molecule has 1 unspecified atom stereocenters. The second-order valence-corrected chi connectivity index (χ2v) is 9.99. The molecule has 3 heterocycles. The Balaban J connectivity index is 1.38. The van der Waals surface area contributed by atoms with Crippen LogP contribution in [0.2, 0.25) is 0 Å². The Kier molecular flexibility index (Phi) is 7.40. The van der Waals surface area contributed by atoms with Gasteiger partial charge in [-0.2, -0.15) is 0 Å². The highest BCUT2D eigenvalue weighted by Crippen LogP contribution is 2.23. The first-order valence-corrected chi connectivity index (χ1v) is 13.1. The molecule has 0 spiro atoms. The van der Waals surface area contributed by atoms with Gasteiger partial charge in [0.2, 0.25) is 5.91 Å². The van der Waals surface area contributed by atoms with Gasteiger partial charge in [0.25, 0.3) is 5.56 Å². The summed E-state index contributed by atoms with van der Waals surface area (Å²) in [4.78, 5) is 38.1. The van der Waals surface area contributed by atoms with Crippen molar-refractivity contribution in [2.24, 2.45) is 5.92 Å². The maximum absolute atomic E-state index is 13.7. The van der Waals surface area contributed by atoms with E-state index in [9.17, 15) is 9.59 Å². The molecule has 7 nitrogen and oxygen atoms in total. The number of benzene rings is 1. The van der Waals surface area contributed by atoms with Crippen molar-refractivity contribution in [1.82, 2.24) is 19.9 Å². The summed E-state index contributed by atoms with van der Waals surface area (Å²) in [6.45, 7) is 1.69. The number of hydrogen-bond acceptors (Lipinski definition) is 5. The van der Waals surface area contributed by atoms with Crippen LogP contribution in [0.25, 0.3) is 11.2 Å². The van der Waals surface area contributed by atoms with Crippen molar-refractivity contribution < 1.29 is 4.79 Å². The Hall–Kier alpha value is -3.22. The molecule has 1 amide bonds. The van der Waals surface area contributed by atoms with Crippen molar-refractivity contribution in [2.45, 2.75) is 70.4 Å². The molecule has 1 atom stereocenters. The third-order valence-electron chi connectivity index (χ3n) is 7.41. The summed E-state index contributed by atoms with van der Waals surface area (Å²) in [5.74, 6) is 0.430. The SMILES string of the molecule is O=C(NC1CCCCCCC1)C1CCCN(c2nc3cccnc3n(Cc3ccccc3)c2=O)C1. The molecule has 0 radical (unpaired) electrons. The first-order chi connectivity index (χ1) is 17.2. The molecule has 2 fully saturated rings. The molecule has 1 aliphatic carbocycles. The summed E-state index contributed by atoms with van der Waals surface area (Å²) in [5, 5.41) is 3.34. The summed E-state index contributed by atoms with van der Waals surface area (Å²) >= 11 is 0. The van der Waals surface area contributed by atoms with Crippen molar-refractivity contribution in [1.29, 1.82) is 0 Å². The van der Waals surface area contributed by atoms with E-state index in [4.69, 9.17) is 4.98 Å². The molecule has 7 heteroatoms. The third kappa shape index (κ3) is 5.55. The van der Waals surface area contributed by atoms with Crippen LogP contribution in [0.5, 0.6) is 0 Å². The van der Waals surface area contributed by atoms with E-state index in [0.29, 0.717) is 30.1 Å². The van der Waals surface area contributed by atoms with E-state index in [1.807, 2.05) is 47.4 Å². The van der Waals surface area contributed by atoms with E-state index in [1.54, 1.807) is 10.8 Å². The second-order valence-electron chi connectivity index (χ2n) is 9.99. The van der Waals surface area contributed by atoms with E-state index in [1.165, 1.54) is 32.1 Å². The number of hydrogen-bond donors (Lipinski definition) is 1. The number of rotatable bonds is 5. The van der Waals surface area contributed by atoms with Crippen LogP contribution >= 0.6 is 0 Å². The van der Waals surface area contributed by atoms with Gasteiger partial charge in [-0.15, -0.1) is 0 Å². The Morgan fingerprint density at radius 3 is 2.51 bits per heavy atom. The van der Waals surface area contributed by atoms with Gasteiger partial charge < -0.3 is 10.2 Å². The molecule has 35 heavy (non-hydrogen) atoms. The van der Waals surface area contributed by atoms with Gasteiger partial charge in [0.1, 0.15) is 5.52 Å². The smallest absolute Gasteiger partial charge is 0.295 e. The van der Waals surface area contributed by atoms with Gasteiger partial charge in [-0.05, 0) is 43.4 Å². The predicted molar refractivity (Wildman–Crippen MR) is 139 cm³/mol. The molecule has 0 bridgehead atoms. The van der Waals surface area contributed by atoms with Gasteiger partial charge in [-0.25, -0.2) is 9.97 Å². The predicted octanol–water partition coefficient (Wildman–Crippen LogP) is 4.29. The minimum absolute atomic E-state index is 0.123. The largest absolute Gasteiger partial charge is 0.353 e. The maximum Gasteiger partial charge on any atom is 0.295 e. The van der Waals surface area contributed by atoms with E-state index in [2.05, 4.69) is 10.3 Å². The molecule has 1 aromatic carbocycles. The number of carbonyl (C=O) groups is 1. The van der Waals surface area contributed by atoms with Crippen LogP contribution in [0.4, 0.5) is 5.82 Å². The minimum atomic E-state index is -0.152. The van der Waals surface area contributed by atoms with Crippen molar-refractivity contribution in [3.05, 3.63) is 64.6 Å². The van der Waals surface area contributed by atoms with Gasteiger partial charge in [0, 0.05) is 25.3 Å². The number of piperidine rings is 1. The molecular weight excluding hydrogens is 438 g/mol. The van der Waals surface area contributed by atoms with Crippen molar-refractivity contribution in [3.63, 3.8) is 0 Å². The number of anilines is 1. The molecule has 1 saturated carbocycles. The molecule has 184 valence electrons. The number of pyridine rings is 1. The first kappa shape index (κ1) is 23.5. The van der Waals surface area contributed by atoms with E-state index >= 15 is 0 Å². The highest BCUT2D eigenvalue weighted by Gasteiger charge is 2.30. The summed E-state index contributed by atoms with van der Waals surface area (Å²) in [5.41, 5.74) is 2.16. The average molecular weight is 474 g/mol. The second kappa shape index (κ2) is 11.0. The normalized spacial score (nSPS) is 19.8. The van der Waals surface area contributed by atoms with Gasteiger partial charge in [0.05, 0.1) is 12.5 Å². The molecular formula is C28H35N5O2. The zero-order valence-corrected chi connectivity index (χ0v) is 20.4. The monoisotopic (exact) mass is 473 g/mol. The van der Waals surface area contributed by atoms with Crippen LogP contribution in [0, 0.1) is 5.92 Å². The molecule has 2 aliphatic rings. The quantitative estimate of drug-likeness (QED) is 0.598. The van der Waals surface area contributed by atoms with Gasteiger partial charge >= 0.3 is 0 Å². The molecule has 3 aromatic rings. The Labute approximate surface area is 206 Å². The minimum Gasteiger partial charge on any atom is -0.353 e. The van der Waals surface area contributed by atoms with Gasteiger partial charge in [-0.3, -0.25) is 14.2 Å². The average Bonchev–Trinajstić information content (AvgIpc) is 2.88. The van der Waals surface area contributed by atoms with Crippen LogP contribution in [-0.4, -0.2) is 39.6 Å². The summed E-state index contributed by atoms with van der Waals surface area (Å²) in [7, 11) is 0. The van der Waals surface area contributed by atoms with Crippen LogP contribution in [-0.2, 0) is 11.3 Å². The standard InChI is InChI=1S/C28H35N5O2/c34-27(30-23-14-7-2-1-3-8-15-23)22-13-10-18-32(20-22)26-28(35)33(19-21-11-5-4-6-12-21)25-24(31-26)16-9-17-29-25/h4-6,9,11-12,16-17,22-23H,1-3,7-8,10,13-15,18-20H2,(H,30,34). The number of nitrogens with one attached hydrogen (secondary N) is 1. The number of amides is 1. The molecule has 1 aliphatic heterocycles. The molecule has 5 rings (SSSR count). The topological polar surface area (TPSA) is 80.1 Å². The molecule has 1 saturated heterocycles. The third-order valence-corrected chi connectivity index (χ3v) is 7.41. The lowest BCUT2D eigenvalue weighted by Gasteiger charge is -2.33. The fraction of sp³-hybridized carbons (Fsp3) is 0.500. The van der Waals surface area contributed by atoms with Crippen LogP contribution in [0.1, 0.15) is 63.4 Å². The lowest BCUT2D eigenvalue weighted by atomic mass is 9.94. The lowest BCUT2D eigenvalue weighted by Crippen LogP contribution is -2.47. The first-order valence-electron chi connectivity index (χ1n) is 13.1. The number of carbonyl (C=O) groups excluding carboxylic acids is 1. The fourth-order valence-corrected chi connectivity index (χ4v) is 5.48. The Morgan fingerprint density at radius 2 is 1.71 bits per heavy atom. The number of nitrogens with zero attached hydrogens (tertiary/aromatic N) is 4. The highest BCUT2D eigenvalue weighted by atomic mass is 16.2. The molecule has 1 N–H and O–H groups in total. The number of aromatic nitrogens is 3. The maximum atomic E-state index is 13.7. The van der Waals surface area contributed by atoms with E-state index in [0.717, 1.165) is 37.8 Å². The van der Waals surface area contributed by atoms with Crippen molar-refractivity contribution >= 4 is 22.9 Å². The fourth-order valence-electron chi connectivity index (χ4n) is 5.48. The van der Waals surface area contributed by atoms with Gasteiger partial charge in [0.15, 0.2) is 11.5 Å². The summed E-state index contributed by atoms with van der Waals surface area (Å²) < 4.78 is 1.71. The van der Waals surface area contributed by atoms with Crippen LogP contribution in [0.3, 0.4) is 0 Å². The van der Waals surface area contributed by atoms with Crippen molar-refractivity contribution in [3.8, 4) is 0 Å². The van der Waals surface area contributed by atoms with Crippen molar-refractivity contribution in [2.75, 3.05) is 18.0 Å². The van der Waals surface area contributed by atoms with E-state index < -0.39 is 0 Å². The lowest BCUT2D eigenvalue weighted by molar-refractivity contribution is -0.126. The summed E-state index contributed by atoms with van der Waals surface area (Å²) in [6.07, 6.45) is 11.8.